The fraction of sp³-hybridized carbons (Fsp3) is 0.615. The van der Waals surface area contributed by atoms with E-state index >= 15 is 0 Å². The van der Waals surface area contributed by atoms with Crippen LogP contribution >= 0.6 is 0 Å². The molecule has 1 aromatic rings. The van der Waals surface area contributed by atoms with Crippen molar-refractivity contribution < 1.29 is 9.59 Å². The number of rotatable bonds is 5. The number of imide groups is 1. The first-order valence-corrected chi connectivity index (χ1v) is 6.64. The molecule has 1 N–H and O–H groups in total. The lowest BCUT2D eigenvalue weighted by molar-refractivity contribution is -0.127. The monoisotopic (exact) mass is 264 g/mol. The highest BCUT2D eigenvalue weighted by Gasteiger charge is 2.49. The van der Waals surface area contributed by atoms with E-state index in [4.69, 9.17) is 0 Å². The van der Waals surface area contributed by atoms with Gasteiger partial charge in [-0.25, -0.2) is 9.78 Å². The predicted molar refractivity (Wildman–Crippen MR) is 70.5 cm³/mol. The van der Waals surface area contributed by atoms with E-state index in [9.17, 15) is 9.59 Å². The molecule has 0 unspecified atom stereocenters. The third-order valence-electron chi connectivity index (χ3n) is 4.05. The zero-order valence-corrected chi connectivity index (χ0v) is 11.6. The molecule has 1 aliphatic heterocycles. The molecule has 1 fully saturated rings. The minimum Gasteiger partial charge on any atom is -0.338 e. The number of aryl methyl sites for hydroxylation is 1. The number of nitrogens with one attached hydrogen (secondary N) is 1. The Balaban J connectivity index is 2.15. The highest BCUT2D eigenvalue weighted by atomic mass is 16.2. The molecule has 1 aliphatic rings. The summed E-state index contributed by atoms with van der Waals surface area (Å²) >= 11 is 0. The van der Waals surface area contributed by atoms with Gasteiger partial charge in [0.05, 0.1) is 0 Å². The minimum absolute atomic E-state index is 0.178. The van der Waals surface area contributed by atoms with Crippen LogP contribution in [0.2, 0.25) is 0 Å². The number of imidazole rings is 1. The second-order valence-corrected chi connectivity index (χ2v) is 4.85. The average molecular weight is 264 g/mol. The molecule has 3 amide bonds. The number of aromatic nitrogens is 2. The zero-order chi connectivity index (χ0) is 14.0. The van der Waals surface area contributed by atoms with Gasteiger partial charge in [-0.1, -0.05) is 13.8 Å². The van der Waals surface area contributed by atoms with Crippen LogP contribution < -0.4 is 5.32 Å². The Hall–Kier alpha value is -1.85. The summed E-state index contributed by atoms with van der Waals surface area (Å²) in [5, 5.41) is 2.43. The van der Waals surface area contributed by atoms with Crippen LogP contribution in [0.15, 0.2) is 12.4 Å². The second kappa shape index (κ2) is 5.03. The molecular weight excluding hydrogens is 244 g/mol. The van der Waals surface area contributed by atoms with Crippen molar-refractivity contribution >= 4 is 11.9 Å². The van der Waals surface area contributed by atoms with E-state index < -0.39 is 5.54 Å². The summed E-state index contributed by atoms with van der Waals surface area (Å²) < 4.78 is 1.93. The number of hydrogen-bond donors (Lipinski definition) is 1. The van der Waals surface area contributed by atoms with Gasteiger partial charge in [-0.05, 0) is 12.8 Å². The van der Waals surface area contributed by atoms with Crippen LogP contribution in [0.5, 0.6) is 0 Å². The van der Waals surface area contributed by atoms with Crippen LogP contribution in [-0.2, 0) is 18.3 Å². The summed E-state index contributed by atoms with van der Waals surface area (Å²) in [5.41, 5.74) is -0.692. The Kier molecular flexibility index (Phi) is 3.59. The molecule has 0 atom stereocenters. The van der Waals surface area contributed by atoms with E-state index in [1.54, 1.807) is 11.1 Å². The van der Waals surface area contributed by atoms with Gasteiger partial charge in [0, 0.05) is 32.4 Å². The fourth-order valence-corrected chi connectivity index (χ4v) is 2.72. The van der Waals surface area contributed by atoms with Gasteiger partial charge in [-0.3, -0.25) is 10.1 Å². The number of carbonyl (C=O) groups is 2. The van der Waals surface area contributed by atoms with E-state index in [0.717, 1.165) is 5.82 Å². The Morgan fingerprint density at radius 3 is 2.53 bits per heavy atom. The summed E-state index contributed by atoms with van der Waals surface area (Å²) in [6, 6.07) is -0.289. The van der Waals surface area contributed by atoms with Gasteiger partial charge in [0.25, 0.3) is 5.91 Å². The molecule has 19 heavy (non-hydrogen) atoms. The standard InChI is InChI=1S/C13H20N4O2/c1-4-13(5-2)11(18)15-12(19)17(13)8-6-10-14-7-9-16(10)3/h7,9H,4-6,8H2,1-3H3,(H,15,18,19). The first-order valence-electron chi connectivity index (χ1n) is 6.64. The van der Waals surface area contributed by atoms with Gasteiger partial charge in [-0.2, -0.15) is 0 Å². The number of urea groups is 1. The molecular formula is C13H20N4O2. The number of nitrogens with zero attached hydrogens (tertiary/aromatic N) is 3. The van der Waals surface area contributed by atoms with Crippen LogP contribution in [0.3, 0.4) is 0 Å². The van der Waals surface area contributed by atoms with Gasteiger partial charge in [0.2, 0.25) is 0 Å². The third-order valence-corrected chi connectivity index (χ3v) is 4.05. The molecule has 2 rings (SSSR count). The van der Waals surface area contributed by atoms with Crippen molar-refractivity contribution in [2.45, 2.75) is 38.6 Å². The third kappa shape index (κ3) is 2.11. The first-order chi connectivity index (χ1) is 9.05. The zero-order valence-electron chi connectivity index (χ0n) is 11.6. The smallest absolute Gasteiger partial charge is 0.325 e. The second-order valence-electron chi connectivity index (χ2n) is 4.85. The van der Waals surface area contributed by atoms with Crippen molar-refractivity contribution in [3.63, 3.8) is 0 Å². The summed E-state index contributed by atoms with van der Waals surface area (Å²) in [4.78, 5) is 29.8. The normalized spacial score (nSPS) is 17.9. The maximum absolute atomic E-state index is 12.0. The van der Waals surface area contributed by atoms with Gasteiger partial charge in [0.15, 0.2) is 0 Å². The van der Waals surface area contributed by atoms with Crippen molar-refractivity contribution in [3.8, 4) is 0 Å². The van der Waals surface area contributed by atoms with E-state index in [1.807, 2.05) is 31.7 Å². The molecule has 6 nitrogen and oxygen atoms in total. The molecule has 0 bridgehead atoms. The van der Waals surface area contributed by atoms with Crippen LogP contribution in [0.25, 0.3) is 0 Å². The Morgan fingerprint density at radius 2 is 2.00 bits per heavy atom. The molecule has 0 saturated carbocycles. The summed E-state index contributed by atoms with van der Waals surface area (Å²) in [5.74, 6) is 0.732. The van der Waals surface area contributed by atoms with Crippen LogP contribution in [-0.4, -0.2) is 38.5 Å². The van der Waals surface area contributed by atoms with Gasteiger partial charge in [-0.15, -0.1) is 0 Å². The van der Waals surface area contributed by atoms with Crippen molar-refractivity contribution in [2.75, 3.05) is 6.54 Å². The molecule has 0 aliphatic carbocycles. The largest absolute Gasteiger partial charge is 0.338 e. The first kappa shape index (κ1) is 13.6. The molecule has 1 aromatic heterocycles. The van der Waals surface area contributed by atoms with E-state index in [-0.39, 0.29) is 11.9 Å². The maximum Gasteiger partial charge on any atom is 0.325 e. The molecule has 0 aromatic carbocycles. The van der Waals surface area contributed by atoms with Crippen molar-refractivity contribution in [3.05, 3.63) is 18.2 Å². The topological polar surface area (TPSA) is 67.2 Å². The van der Waals surface area contributed by atoms with Crippen molar-refractivity contribution in [1.82, 2.24) is 19.8 Å². The summed E-state index contributed by atoms with van der Waals surface area (Å²) in [7, 11) is 1.92. The average Bonchev–Trinajstić information content (AvgIpc) is 2.89. The van der Waals surface area contributed by atoms with E-state index in [0.29, 0.717) is 25.8 Å². The number of hydrogen-bond acceptors (Lipinski definition) is 3. The van der Waals surface area contributed by atoms with Crippen molar-refractivity contribution in [1.29, 1.82) is 0 Å². The molecule has 0 spiro atoms. The Labute approximate surface area is 112 Å². The van der Waals surface area contributed by atoms with Crippen LogP contribution in [0.4, 0.5) is 4.79 Å². The van der Waals surface area contributed by atoms with Crippen LogP contribution in [0.1, 0.15) is 32.5 Å². The maximum atomic E-state index is 12.0. The van der Waals surface area contributed by atoms with Gasteiger partial charge < -0.3 is 9.47 Å². The lowest BCUT2D eigenvalue weighted by Crippen LogP contribution is -2.49. The van der Waals surface area contributed by atoms with E-state index in [1.165, 1.54) is 0 Å². The molecule has 1 saturated heterocycles. The number of carbonyl (C=O) groups excluding carboxylic acids is 2. The fourth-order valence-electron chi connectivity index (χ4n) is 2.72. The molecule has 6 heteroatoms. The van der Waals surface area contributed by atoms with Gasteiger partial charge >= 0.3 is 6.03 Å². The van der Waals surface area contributed by atoms with Crippen molar-refractivity contribution in [2.24, 2.45) is 7.05 Å². The predicted octanol–water partition coefficient (Wildman–Crippen LogP) is 1.07. The SMILES string of the molecule is CCC1(CC)C(=O)NC(=O)N1CCc1nccn1C. The number of amides is 3. The van der Waals surface area contributed by atoms with Crippen LogP contribution in [0, 0.1) is 0 Å². The highest BCUT2D eigenvalue weighted by Crippen LogP contribution is 2.29. The van der Waals surface area contributed by atoms with E-state index in [2.05, 4.69) is 10.3 Å². The van der Waals surface area contributed by atoms with Gasteiger partial charge in [0.1, 0.15) is 11.4 Å². The molecule has 104 valence electrons. The lowest BCUT2D eigenvalue weighted by Gasteiger charge is -2.33. The Bertz CT molecular complexity index is 491. The quantitative estimate of drug-likeness (QED) is 0.809. The minimum atomic E-state index is -0.692. The molecule has 2 heterocycles. The Morgan fingerprint density at radius 1 is 1.32 bits per heavy atom. The summed E-state index contributed by atoms with van der Waals surface area (Å²) in [6.07, 6.45) is 5.50. The lowest BCUT2D eigenvalue weighted by atomic mass is 9.91. The molecule has 0 radical (unpaired) electrons. The summed E-state index contributed by atoms with van der Waals surface area (Å²) in [6.45, 7) is 4.38. The highest BCUT2D eigenvalue weighted by molar-refractivity contribution is 6.06.